The van der Waals surface area contributed by atoms with E-state index in [1.165, 1.54) is 0 Å². The van der Waals surface area contributed by atoms with E-state index in [4.69, 9.17) is 10.8 Å². The number of benzene rings is 1. The summed E-state index contributed by atoms with van der Waals surface area (Å²) in [6, 6.07) is 1.24. The van der Waals surface area contributed by atoms with Crippen LogP contribution >= 0.6 is 11.8 Å². The molecule has 1 aromatic carbocycles. The highest BCUT2D eigenvalue weighted by atomic mass is 32.2. The molecule has 0 heterocycles. The Morgan fingerprint density at radius 2 is 2.14 bits per heavy atom. The van der Waals surface area contributed by atoms with Crippen LogP contribution < -0.4 is 5.73 Å². The van der Waals surface area contributed by atoms with Gasteiger partial charge in [-0.15, -0.1) is 11.8 Å². The molecular formula is C9H11F2NOS. The van der Waals surface area contributed by atoms with Crippen LogP contribution in [-0.2, 0) is 0 Å². The van der Waals surface area contributed by atoms with E-state index in [-0.39, 0.29) is 10.5 Å². The fraction of sp³-hybridized carbons (Fsp3) is 0.333. The van der Waals surface area contributed by atoms with E-state index in [1.807, 2.05) is 0 Å². The van der Waals surface area contributed by atoms with Gasteiger partial charge in [0.15, 0.2) is 0 Å². The molecule has 1 aromatic rings. The van der Waals surface area contributed by atoms with Crippen molar-refractivity contribution >= 4 is 11.8 Å². The molecule has 0 saturated carbocycles. The van der Waals surface area contributed by atoms with Crippen molar-refractivity contribution in [2.24, 2.45) is 5.73 Å². The van der Waals surface area contributed by atoms with Gasteiger partial charge in [-0.3, -0.25) is 0 Å². The Bertz CT molecular complexity index is 333. The summed E-state index contributed by atoms with van der Waals surface area (Å²) in [5.74, 6) is -1.10. The molecule has 3 N–H and O–H groups in total. The number of rotatable bonds is 3. The minimum atomic E-state index is -0.878. The van der Waals surface area contributed by atoms with Crippen LogP contribution in [0, 0.1) is 11.6 Å². The molecule has 0 spiro atoms. The van der Waals surface area contributed by atoms with E-state index < -0.39 is 24.3 Å². The third-order valence-electron chi connectivity index (χ3n) is 1.85. The molecule has 0 aliphatic rings. The first-order valence-corrected chi connectivity index (χ1v) is 5.22. The van der Waals surface area contributed by atoms with Crippen LogP contribution in [0.15, 0.2) is 17.0 Å². The largest absolute Gasteiger partial charge is 0.394 e. The molecule has 2 nitrogen and oxygen atoms in total. The van der Waals surface area contributed by atoms with Gasteiger partial charge in [-0.1, -0.05) is 0 Å². The van der Waals surface area contributed by atoms with Crippen LogP contribution in [0.1, 0.15) is 11.6 Å². The summed E-state index contributed by atoms with van der Waals surface area (Å²) in [4.78, 5) is 0.198. The van der Waals surface area contributed by atoms with Crippen LogP contribution in [0.3, 0.4) is 0 Å². The molecule has 78 valence electrons. The van der Waals surface area contributed by atoms with Crippen LogP contribution in [0.25, 0.3) is 0 Å². The summed E-state index contributed by atoms with van der Waals surface area (Å²) >= 11 is 1.10. The molecule has 0 saturated heterocycles. The Morgan fingerprint density at radius 1 is 1.50 bits per heavy atom. The highest BCUT2D eigenvalue weighted by Crippen LogP contribution is 2.26. The first-order chi connectivity index (χ1) is 6.60. The smallest absolute Gasteiger partial charge is 0.141 e. The molecule has 0 aliphatic heterocycles. The zero-order valence-electron chi connectivity index (χ0n) is 7.63. The first-order valence-electron chi connectivity index (χ1n) is 3.99. The van der Waals surface area contributed by atoms with Gasteiger partial charge in [-0.2, -0.15) is 0 Å². The third-order valence-corrected chi connectivity index (χ3v) is 2.59. The summed E-state index contributed by atoms with van der Waals surface area (Å²) in [6.07, 6.45) is 1.64. The lowest BCUT2D eigenvalue weighted by Gasteiger charge is -2.12. The Balaban J connectivity index is 3.21. The predicted molar refractivity (Wildman–Crippen MR) is 52.2 cm³/mol. The fourth-order valence-corrected chi connectivity index (χ4v) is 1.63. The van der Waals surface area contributed by atoms with Gasteiger partial charge in [0, 0.05) is 10.5 Å². The van der Waals surface area contributed by atoms with Crippen LogP contribution in [0.2, 0.25) is 0 Å². The number of thioether (sulfide) groups is 1. The van der Waals surface area contributed by atoms with Gasteiger partial charge in [0.2, 0.25) is 0 Å². The van der Waals surface area contributed by atoms with E-state index in [1.54, 1.807) is 6.26 Å². The molecule has 0 amide bonds. The maximum Gasteiger partial charge on any atom is 0.141 e. The van der Waals surface area contributed by atoms with Crippen molar-refractivity contribution in [3.8, 4) is 0 Å². The highest BCUT2D eigenvalue weighted by molar-refractivity contribution is 7.98. The van der Waals surface area contributed by atoms with Crippen molar-refractivity contribution in [2.75, 3.05) is 12.9 Å². The summed E-state index contributed by atoms with van der Waals surface area (Å²) < 4.78 is 26.5. The minimum Gasteiger partial charge on any atom is -0.394 e. The number of nitrogens with two attached hydrogens (primary N) is 1. The molecule has 0 fully saturated rings. The summed E-state index contributed by atoms with van der Waals surface area (Å²) in [7, 11) is 0. The standard InChI is InChI=1S/C9H11F2NOS/c1-14-8-3-5(10)2-6(9(8)11)7(12)4-13/h2-3,7,13H,4,12H2,1H3. The normalized spacial score (nSPS) is 12.9. The molecule has 1 unspecified atom stereocenters. The van der Waals surface area contributed by atoms with Crippen LogP contribution in [0.4, 0.5) is 8.78 Å². The number of halogens is 2. The van der Waals surface area contributed by atoms with E-state index in [0.29, 0.717) is 0 Å². The van der Waals surface area contributed by atoms with Gasteiger partial charge in [0.05, 0.1) is 12.6 Å². The Morgan fingerprint density at radius 3 is 2.64 bits per heavy atom. The number of hydrogen-bond donors (Lipinski definition) is 2. The average molecular weight is 219 g/mol. The zero-order valence-corrected chi connectivity index (χ0v) is 8.44. The zero-order chi connectivity index (χ0) is 10.7. The second-order valence-corrected chi connectivity index (χ2v) is 3.65. The summed E-state index contributed by atoms with van der Waals surface area (Å²) in [6.45, 7) is -0.409. The topological polar surface area (TPSA) is 46.2 Å². The third kappa shape index (κ3) is 2.23. The molecule has 14 heavy (non-hydrogen) atoms. The second kappa shape index (κ2) is 4.72. The summed E-state index contributed by atoms with van der Waals surface area (Å²) in [5, 5.41) is 8.75. The Hall–Kier alpha value is -0.650. The molecule has 0 radical (unpaired) electrons. The molecular weight excluding hydrogens is 208 g/mol. The van der Waals surface area contributed by atoms with Gasteiger partial charge in [-0.05, 0) is 18.4 Å². The highest BCUT2D eigenvalue weighted by Gasteiger charge is 2.15. The van der Waals surface area contributed by atoms with Crippen molar-refractivity contribution in [1.29, 1.82) is 0 Å². The van der Waals surface area contributed by atoms with E-state index in [2.05, 4.69) is 0 Å². The molecule has 0 aliphatic carbocycles. The molecule has 1 atom stereocenters. The van der Waals surface area contributed by atoms with Crippen molar-refractivity contribution in [3.05, 3.63) is 29.3 Å². The molecule has 0 bridgehead atoms. The lowest BCUT2D eigenvalue weighted by atomic mass is 10.1. The number of aliphatic hydroxyl groups is 1. The fourth-order valence-electron chi connectivity index (χ4n) is 1.10. The van der Waals surface area contributed by atoms with Crippen LogP contribution in [-0.4, -0.2) is 18.0 Å². The lowest BCUT2D eigenvalue weighted by molar-refractivity contribution is 0.264. The van der Waals surface area contributed by atoms with Gasteiger partial charge >= 0.3 is 0 Å². The quantitative estimate of drug-likeness (QED) is 0.760. The number of hydrogen-bond acceptors (Lipinski definition) is 3. The Labute approximate surface area is 85.1 Å². The second-order valence-electron chi connectivity index (χ2n) is 2.80. The van der Waals surface area contributed by atoms with Gasteiger partial charge in [0.25, 0.3) is 0 Å². The van der Waals surface area contributed by atoms with Gasteiger partial charge in [0.1, 0.15) is 11.6 Å². The van der Waals surface area contributed by atoms with E-state index in [9.17, 15) is 8.78 Å². The molecule has 5 heteroatoms. The molecule has 0 aromatic heterocycles. The Kier molecular flexibility index (Phi) is 3.86. The van der Waals surface area contributed by atoms with Gasteiger partial charge in [-0.25, -0.2) is 8.78 Å². The van der Waals surface area contributed by atoms with Crippen molar-refractivity contribution < 1.29 is 13.9 Å². The lowest BCUT2D eigenvalue weighted by Crippen LogP contribution is -2.16. The number of aliphatic hydroxyl groups excluding tert-OH is 1. The van der Waals surface area contributed by atoms with Crippen molar-refractivity contribution in [2.45, 2.75) is 10.9 Å². The van der Waals surface area contributed by atoms with E-state index >= 15 is 0 Å². The first kappa shape index (κ1) is 11.4. The van der Waals surface area contributed by atoms with Crippen LogP contribution in [0.5, 0.6) is 0 Å². The average Bonchev–Trinajstić information content (AvgIpc) is 2.19. The summed E-state index contributed by atoms with van der Waals surface area (Å²) in [5.41, 5.74) is 5.43. The maximum absolute atomic E-state index is 13.5. The van der Waals surface area contributed by atoms with E-state index in [0.717, 1.165) is 23.9 Å². The maximum atomic E-state index is 13.5. The van der Waals surface area contributed by atoms with Gasteiger partial charge < -0.3 is 10.8 Å². The molecule has 1 rings (SSSR count). The van der Waals surface area contributed by atoms with Crippen molar-refractivity contribution in [3.63, 3.8) is 0 Å². The predicted octanol–water partition coefficient (Wildman–Crippen LogP) is 1.68. The monoisotopic (exact) mass is 219 g/mol. The van der Waals surface area contributed by atoms with Crippen molar-refractivity contribution in [1.82, 2.24) is 0 Å². The SMILES string of the molecule is CSc1cc(F)cc(C(N)CO)c1F. The minimum absolute atomic E-state index is 0.0110.